The summed E-state index contributed by atoms with van der Waals surface area (Å²) in [7, 11) is 0. The van der Waals surface area contributed by atoms with Gasteiger partial charge < -0.3 is 10.3 Å². The Morgan fingerprint density at radius 3 is 2.50 bits per heavy atom. The zero-order chi connectivity index (χ0) is 20.7. The van der Waals surface area contributed by atoms with Crippen LogP contribution in [-0.2, 0) is 6.18 Å². The van der Waals surface area contributed by atoms with E-state index in [9.17, 15) is 13.2 Å². The summed E-state index contributed by atoms with van der Waals surface area (Å²) in [6, 6.07) is 10.6. The monoisotopic (exact) mass is 411 g/mol. The summed E-state index contributed by atoms with van der Waals surface area (Å²) in [5.74, 6) is 1.23. The van der Waals surface area contributed by atoms with Gasteiger partial charge in [0.15, 0.2) is 17.5 Å². The van der Waals surface area contributed by atoms with Gasteiger partial charge in [0.05, 0.1) is 11.3 Å². The van der Waals surface area contributed by atoms with Crippen molar-refractivity contribution >= 4 is 11.8 Å². The second-order valence-electron chi connectivity index (χ2n) is 7.04. The zero-order valence-electron chi connectivity index (χ0n) is 15.5. The second kappa shape index (κ2) is 6.97. The number of alkyl halides is 3. The molecule has 0 saturated heterocycles. The van der Waals surface area contributed by atoms with Gasteiger partial charge in [0.2, 0.25) is 5.95 Å². The third kappa shape index (κ3) is 3.63. The van der Waals surface area contributed by atoms with Crippen LogP contribution in [0.5, 0.6) is 0 Å². The fraction of sp³-hybridized carbons (Fsp3) is 0.200. The van der Waals surface area contributed by atoms with Crippen LogP contribution in [0.3, 0.4) is 0 Å². The van der Waals surface area contributed by atoms with Crippen LogP contribution in [0, 0.1) is 0 Å². The fourth-order valence-electron chi connectivity index (χ4n) is 3.19. The van der Waals surface area contributed by atoms with E-state index in [-0.39, 0.29) is 23.2 Å². The summed E-state index contributed by atoms with van der Waals surface area (Å²) < 4.78 is 40.6. The van der Waals surface area contributed by atoms with E-state index in [1.54, 1.807) is 18.3 Å². The number of rotatable bonds is 5. The molecule has 0 atom stereocenters. The van der Waals surface area contributed by atoms with Gasteiger partial charge in [-0.2, -0.15) is 28.2 Å². The molecule has 0 radical (unpaired) electrons. The number of nitrogens with zero attached hydrogens (tertiary/aromatic N) is 4. The lowest BCUT2D eigenvalue weighted by molar-refractivity contribution is -0.137. The van der Waals surface area contributed by atoms with Gasteiger partial charge in [-0.05, 0) is 31.0 Å². The average Bonchev–Trinajstić information content (AvgIpc) is 3.23. The van der Waals surface area contributed by atoms with Crippen LogP contribution in [-0.4, -0.2) is 30.1 Å². The minimum Gasteiger partial charge on any atom is -0.359 e. The SMILES string of the molecule is FC(F)(F)c1ccccc1-c1nc(Nc2cc(C3CC3)[nH]n2)nc(-c2ccc[nH]2)n1. The van der Waals surface area contributed by atoms with Crippen molar-refractivity contribution in [1.82, 2.24) is 30.1 Å². The fourth-order valence-corrected chi connectivity index (χ4v) is 3.19. The lowest BCUT2D eigenvalue weighted by Crippen LogP contribution is -2.10. The van der Waals surface area contributed by atoms with Crippen LogP contribution < -0.4 is 5.32 Å². The first-order valence-electron chi connectivity index (χ1n) is 9.36. The van der Waals surface area contributed by atoms with Gasteiger partial charge in [0.25, 0.3) is 0 Å². The van der Waals surface area contributed by atoms with E-state index in [2.05, 4.69) is 35.5 Å². The van der Waals surface area contributed by atoms with Gasteiger partial charge in [-0.15, -0.1) is 0 Å². The molecule has 4 aromatic rings. The minimum atomic E-state index is -4.54. The maximum atomic E-state index is 13.5. The van der Waals surface area contributed by atoms with E-state index < -0.39 is 11.7 Å². The van der Waals surface area contributed by atoms with E-state index in [4.69, 9.17) is 0 Å². The van der Waals surface area contributed by atoms with Gasteiger partial charge in [-0.25, -0.2) is 4.98 Å². The summed E-state index contributed by atoms with van der Waals surface area (Å²) >= 11 is 0. The van der Waals surface area contributed by atoms with E-state index >= 15 is 0 Å². The van der Waals surface area contributed by atoms with Crippen LogP contribution in [0.4, 0.5) is 24.9 Å². The van der Waals surface area contributed by atoms with Crippen molar-refractivity contribution in [2.45, 2.75) is 24.9 Å². The molecule has 0 aliphatic heterocycles. The van der Waals surface area contributed by atoms with Gasteiger partial charge in [0.1, 0.15) is 0 Å². The van der Waals surface area contributed by atoms with Crippen molar-refractivity contribution in [3.8, 4) is 22.9 Å². The van der Waals surface area contributed by atoms with Crippen molar-refractivity contribution in [3.63, 3.8) is 0 Å². The average molecular weight is 411 g/mol. The van der Waals surface area contributed by atoms with Crippen molar-refractivity contribution in [1.29, 1.82) is 0 Å². The number of aromatic nitrogens is 6. The number of hydrogen-bond acceptors (Lipinski definition) is 5. The number of benzene rings is 1. The van der Waals surface area contributed by atoms with Gasteiger partial charge in [0, 0.05) is 29.4 Å². The number of anilines is 2. The molecule has 0 spiro atoms. The normalized spacial score (nSPS) is 14.1. The molecule has 0 amide bonds. The molecule has 0 bridgehead atoms. The van der Waals surface area contributed by atoms with Crippen molar-refractivity contribution in [2.75, 3.05) is 5.32 Å². The molecule has 152 valence electrons. The minimum absolute atomic E-state index is 0.0806. The van der Waals surface area contributed by atoms with E-state index in [0.29, 0.717) is 17.4 Å². The summed E-state index contributed by atoms with van der Waals surface area (Å²) in [6.45, 7) is 0. The number of nitrogens with one attached hydrogen (secondary N) is 3. The molecule has 1 aromatic carbocycles. The lowest BCUT2D eigenvalue weighted by atomic mass is 10.1. The lowest BCUT2D eigenvalue weighted by Gasteiger charge is -2.13. The van der Waals surface area contributed by atoms with Crippen molar-refractivity contribution in [3.05, 3.63) is 59.9 Å². The van der Waals surface area contributed by atoms with Crippen molar-refractivity contribution in [2.24, 2.45) is 0 Å². The Balaban J connectivity index is 1.59. The molecule has 3 aromatic heterocycles. The Kier molecular flexibility index (Phi) is 4.27. The molecule has 1 aliphatic rings. The number of halogens is 3. The highest BCUT2D eigenvalue weighted by molar-refractivity contribution is 5.66. The predicted octanol–water partition coefficient (Wildman–Crippen LogP) is 4.90. The molecule has 1 fully saturated rings. The zero-order valence-corrected chi connectivity index (χ0v) is 15.5. The van der Waals surface area contributed by atoms with Crippen LogP contribution in [0.1, 0.15) is 30.0 Å². The third-order valence-electron chi connectivity index (χ3n) is 4.80. The first kappa shape index (κ1) is 18.3. The van der Waals surface area contributed by atoms with Gasteiger partial charge in [-0.1, -0.05) is 18.2 Å². The highest BCUT2D eigenvalue weighted by atomic mass is 19.4. The van der Waals surface area contributed by atoms with Crippen LogP contribution in [0.15, 0.2) is 48.7 Å². The Labute approximate surface area is 168 Å². The topological polar surface area (TPSA) is 95.2 Å². The van der Waals surface area contributed by atoms with Crippen molar-refractivity contribution < 1.29 is 13.2 Å². The molecule has 3 N–H and O–H groups in total. The molecular formula is C20H16F3N7. The molecule has 10 heteroatoms. The summed E-state index contributed by atoms with van der Waals surface area (Å²) in [6.07, 6.45) is -0.624. The van der Waals surface area contributed by atoms with E-state index in [1.807, 2.05) is 6.07 Å². The summed E-state index contributed by atoms with van der Waals surface area (Å²) in [4.78, 5) is 15.9. The molecule has 7 nitrogen and oxygen atoms in total. The Morgan fingerprint density at radius 1 is 0.967 bits per heavy atom. The second-order valence-corrected chi connectivity index (χ2v) is 7.04. The Bertz CT molecular complexity index is 1180. The maximum Gasteiger partial charge on any atom is 0.417 e. The van der Waals surface area contributed by atoms with E-state index in [1.165, 1.54) is 18.2 Å². The highest BCUT2D eigenvalue weighted by Crippen LogP contribution is 2.40. The van der Waals surface area contributed by atoms with Crippen LogP contribution >= 0.6 is 0 Å². The third-order valence-corrected chi connectivity index (χ3v) is 4.80. The van der Waals surface area contributed by atoms with Gasteiger partial charge in [-0.3, -0.25) is 5.10 Å². The molecule has 0 unspecified atom stereocenters. The van der Waals surface area contributed by atoms with E-state index in [0.717, 1.165) is 24.6 Å². The molecule has 5 rings (SSSR count). The molecule has 1 aliphatic carbocycles. The molecule has 1 saturated carbocycles. The maximum absolute atomic E-state index is 13.5. The Morgan fingerprint density at radius 2 is 1.77 bits per heavy atom. The standard InChI is InChI=1S/C20H16F3N7/c21-20(22,23)13-5-2-1-4-12(13)17-26-18(14-6-3-9-24-14)28-19(27-17)25-16-10-15(29-30-16)11-7-8-11/h1-6,9-11,24H,7-8H2,(H2,25,26,27,28,29,30). The van der Waals surface area contributed by atoms with Crippen LogP contribution in [0.25, 0.3) is 22.9 Å². The number of hydrogen-bond donors (Lipinski definition) is 3. The summed E-state index contributed by atoms with van der Waals surface area (Å²) in [5.41, 5.74) is 0.644. The van der Waals surface area contributed by atoms with Crippen LogP contribution in [0.2, 0.25) is 0 Å². The molecular weight excluding hydrogens is 395 g/mol. The van der Waals surface area contributed by atoms with Gasteiger partial charge >= 0.3 is 6.18 Å². The largest absolute Gasteiger partial charge is 0.417 e. The number of H-pyrrole nitrogens is 2. The summed E-state index contributed by atoms with van der Waals surface area (Å²) in [5, 5.41) is 10.1. The Hall–Kier alpha value is -3.69. The predicted molar refractivity (Wildman–Crippen MR) is 104 cm³/mol. The highest BCUT2D eigenvalue weighted by Gasteiger charge is 2.34. The molecule has 3 heterocycles. The quantitative estimate of drug-likeness (QED) is 0.434. The first-order chi connectivity index (χ1) is 14.5. The number of aromatic amines is 2. The molecule has 30 heavy (non-hydrogen) atoms. The first-order valence-corrected chi connectivity index (χ1v) is 9.36. The smallest absolute Gasteiger partial charge is 0.359 e.